The Morgan fingerprint density at radius 2 is 1.75 bits per heavy atom. The predicted molar refractivity (Wildman–Crippen MR) is 95.2 cm³/mol. The highest BCUT2D eigenvalue weighted by Crippen LogP contribution is 2.36. The van der Waals surface area contributed by atoms with Crippen LogP contribution in [0, 0.1) is 6.92 Å². The molecule has 1 N–H and O–H groups in total. The number of thiophene rings is 1. The molecular weight excluding hydrogens is 346 g/mol. The van der Waals surface area contributed by atoms with Crippen LogP contribution in [0.4, 0.5) is 5.69 Å². The SMILES string of the molecule is COC(=O)c1sc2ccccc2c1S(=O)(=O)Nc1ccc(C)cc1. The molecule has 124 valence electrons. The molecule has 1 heterocycles. The van der Waals surface area contributed by atoms with Gasteiger partial charge in [0.1, 0.15) is 9.77 Å². The van der Waals surface area contributed by atoms with E-state index in [1.807, 2.05) is 19.1 Å². The molecule has 24 heavy (non-hydrogen) atoms. The van der Waals surface area contributed by atoms with E-state index < -0.39 is 16.0 Å². The first-order chi connectivity index (χ1) is 11.4. The van der Waals surface area contributed by atoms with Crippen molar-refractivity contribution in [3.63, 3.8) is 0 Å². The molecule has 1 aromatic heterocycles. The minimum atomic E-state index is -3.94. The summed E-state index contributed by atoms with van der Waals surface area (Å²) in [4.78, 5) is 12.1. The summed E-state index contributed by atoms with van der Waals surface area (Å²) in [6.45, 7) is 1.92. The molecule has 3 rings (SSSR count). The van der Waals surface area contributed by atoms with Crippen LogP contribution in [0.1, 0.15) is 15.2 Å². The van der Waals surface area contributed by atoms with E-state index in [9.17, 15) is 13.2 Å². The van der Waals surface area contributed by atoms with E-state index in [-0.39, 0.29) is 9.77 Å². The number of fused-ring (bicyclic) bond motifs is 1. The highest BCUT2D eigenvalue weighted by Gasteiger charge is 2.28. The van der Waals surface area contributed by atoms with Crippen molar-refractivity contribution in [2.75, 3.05) is 11.8 Å². The zero-order valence-electron chi connectivity index (χ0n) is 13.1. The van der Waals surface area contributed by atoms with E-state index in [2.05, 4.69) is 4.72 Å². The first-order valence-electron chi connectivity index (χ1n) is 7.12. The van der Waals surface area contributed by atoms with Crippen LogP contribution >= 0.6 is 11.3 Å². The number of carbonyl (C=O) groups is 1. The Kier molecular flexibility index (Phi) is 4.29. The van der Waals surface area contributed by atoms with Crippen molar-refractivity contribution < 1.29 is 17.9 Å². The topological polar surface area (TPSA) is 72.5 Å². The molecule has 0 fully saturated rings. The van der Waals surface area contributed by atoms with Gasteiger partial charge in [-0.3, -0.25) is 4.72 Å². The van der Waals surface area contributed by atoms with Gasteiger partial charge >= 0.3 is 5.97 Å². The third-order valence-corrected chi connectivity index (χ3v) is 6.24. The second kappa shape index (κ2) is 6.26. The van der Waals surface area contributed by atoms with Gasteiger partial charge in [0.25, 0.3) is 10.0 Å². The maximum Gasteiger partial charge on any atom is 0.349 e. The van der Waals surface area contributed by atoms with E-state index in [4.69, 9.17) is 4.74 Å². The van der Waals surface area contributed by atoms with Gasteiger partial charge in [-0.2, -0.15) is 0 Å². The second-order valence-corrected chi connectivity index (χ2v) is 7.89. The summed E-state index contributed by atoms with van der Waals surface area (Å²) < 4.78 is 33.8. The molecule has 0 unspecified atom stereocenters. The normalized spacial score (nSPS) is 11.4. The van der Waals surface area contributed by atoms with Crippen molar-refractivity contribution in [2.24, 2.45) is 0 Å². The van der Waals surface area contributed by atoms with Gasteiger partial charge in [0.2, 0.25) is 0 Å². The smallest absolute Gasteiger partial charge is 0.349 e. The molecule has 0 atom stereocenters. The highest BCUT2D eigenvalue weighted by atomic mass is 32.2. The van der Waals surface area contributed by atoms with Crippen LogP contribution in [0.5, 0.6) is 0 Å². The molecule has 5 nitrogen and oxygen atoms in total. The molecule has 2 aromatic carbocycles. The first-order valence-corrected chi connectivity index (χ1v) is 9.41. The fraction of sp³-hybridized carbons (Fsp3) is 0.118. The van der Waals surface area contributed by atoms with E-state index in [0.717, 1.165) is 16.9 Å². The zero-order chi connectivity index (χ0) is 17.3. The Morgan fingerprint density at radius 1 is 1.08 bits per heavy atom. The number of hydrogen-bond acceptors (Lipinski definition) is 5. The molecule has 0 bridgehead atoms. The molecule has 3 aromatic rings. The standard InChI is InChI=1S/C17H15NO4S2/c1-11-7-9-12(10-8-11)18-24(20,21)16-13-5-3-4-6-14(13)23-15(16)17(19)22-2/h3-10,18H,1-2H3. The van der Waals surface area contributed by atoms with E-state index in [0.29, 0.717) is 15.8 Å². The van der Waals surface area contributed by atoms with Crippen LogP contribution in [0.3, 0.4) is 0 Å². The quantitative estimate of drug-likeness (QED) is 0.718. The van der Waals surface area contributed by atoms with E-state index >= 15 is 0 Å². The predicted octanol–water partition coefficient (Wildman–Crippen LogP) is 3.80. The summed E-state index contributed by atoms with van der Waals surface area (Å²) >= 11 is 1.10. The molecule has 0 aliphatic rings. The van der Waals surface area contributed by atoms with E-state index in [1.54, 1.807) is 36.4 Å². The summed E-state index contributed by atoms with van der Waals surface area (Å²) in [5.41, 5.74) is 1.46. The van der Waals surface area contributed by atoms with Crippen LogP contribution < -0.4 is 4.72 Å². The Bertz CT molecular complexity index is 1000. The highest BCUT2D eigenvalue weighted by molar-refractivity contribution is 7.93. The van der Waals surface area contributed by atoms with Crippen LogP contribution in [0.25, 0.3) is 10.1 Å². The minimum absolute atomic E-state index is 0.0458. The van der Waals surface area contributed by atoms with Gasteiger partial charge in [-0.25, -0.2) is 13.2 Å². The average Bonchev–Trinajstić information content (AvgIpc) is 2.96. The number of anilines is 1. The number of aryl methyl sites for hydroxylation is 1. The molecule has 0 spiro atoms. The molecule has 7 heteroatoms. The lowest BCUT2D eigenvalue weighted by molar-refractivity contribution is 0.0602. The van der Waals surface area contributed by atoms with Crippen LogP contribution in [-0.2, 0) is 14.8 Å². The molecule has 0 saturated heterocycles. The lowest BCUT2D eigenvalue weighted by Crippen LogP contribution is -2.16. The molecule has 0 radical (unpaired) electrons. The van der Waals surface area contributed by atoms with Crippen molar-refractivity contribution in [1.82, 2.24) is 0 Å². The Hall–Kier alpha value is -2.38. The second-order valence-electron chi connectivity index (χ2n) is 5.22. The van der Waals surface area contributed by atoms with Crippen molar-refractivity contribution >= 4 is 43.1 Å². The van der Waals surface area contributed by atoms with Gasteiger partial charge in [0.05, 0.1) is 7.11 Å². The lowest BCUT2D eigenvalue weighted by atomic mass is 10.2. The van der Waals surface area contributed by atoms with E-state index in [1.165, 1.54) is 7.11 Å². The van der Waals surface area contributed by atoms with Crippen molar-refractivity contribution in [3.8, 4) is 0 Å². The zero-order valence-corrected chi connectivity index (χ0v) is 14.7. The van der Waals surface area contributed by atoms with Gasteiger partial charge in [-0.1, -0.05) is 35.9 Å². The largest absolute Gasteiger partial charge is 0.465 e. The third kappa shape index (κ3) is 3.00. The number of ether oxygens (including phenoxy) is 1. The monoisotopic (exact) mass is 361 g/mol. The van der Waals surface area contributed by atoms with Gasteiger partial charge in [0.15, 0.2) is 0 Å². The van der Waals surface area contributed by atoms with Crippen LogP contribution in [-0.4, -0.2) is 21.5 Å². The van der Waals surface area contributed by atoms with Crippen LogP contribution in [0.15, 0.2) is 53.4 Å². The van der Waals surface area contributed by atoms with Gasteiger partial charge in [-0.05, 0) is 25.1 Å². The van der Waals surface area contributed by atoms with Gasteiger partial charge in [-0.15, -0.1) is 11.3 Å². The minimum Gasteiger partial charge on any atom is -0.465 e. The number of sulfonamides is 1. The summed E-state index contributed by atoms with van der Waals surface area (Å²) in [6.07, 6.45) is 0. The molecule has 0 amide bonds. The van der Waals surface area contributed by atoms with Crippen LogP contribution in [0.2, 0.25) is 0 Å². The average molecular weight is 361 g/mol. The van der Waals surface area contributed by atoms with Crippen molar-refractivity contribution in [2.45, 2.75) is 11.8 Å². The number of methoxy groups -OCH3 is 1. The lowest BCUT2D eigenvalue weighted by Gasteiger charge is -2.09. The number of rotatable bonds is 4. The summed E-state index contributed by atoms with van der Waals surface area (Å²) in [5, 5.41) is 0.502. The fourth-order valence-corrected chi connectivity index (χ4v) is 5.22. The number of carbonyl (C=O) groups excluding carboxylic acids is 1. The van der Waals surface area contributed by atoms with Gasteiger partial charge < -0.3 is 4.74 Å². The molecule has 0 saturated carbocycles. The summed E-state index contributed by atoms with van der Waals surface area (Å²) in [6, 6.07) is 14.0. The summed E-state index contributed by atoms with van der Waals surface area (Å²) in [5.74, 6) is -0.666. The Morgan fingerprint density at radius 3 is 2.42 bits per heavy atom. The van der Waals surface area contributed by atoms with Gasteiger partial charge in [0, 0.05) is 15.8 Å². The molecule has 0 aliphatic heterocycles. The first kappa shape index (κ1) is 16.5. The van der Waals surface area contributed by atoms with Crippen molar-refractivity contribution in [3.05, 3.63) is 59.0 Å². The molecular formula is C17H15NO4S2. The maximum atomic E-state index is 12.9. The number of esters is 1. The summed E-state index contributed by atoms with van der Waals surface area (Å²) in [7, 11) is -2.70. The number of benzene rings is 2. The van der Waals surface area contributed by atoms with Crippen molar-refractivity contribution in [1.29, 1.82) is 0 Å². The Balaban J connectivity index is 2.15. The molecule has 0 aliphatic carbocycles. The number of hydrogen-bond donors (Lipinski definition) is 1. The number of nitrogens with one attached hydrogen (secondary N) is 1. The fourth-order valence-electron chi connectivity index (χ4n) is 2.34. The Labute approximate surface area is 143 Å². The third-order valence-electron chi connectivity index (χ3n) is 3.49. The maximum absolute atomic E-state index is 12.9.